The average molecular weight is 427 g/mol. The highest BCUT2D eigenvalue weighted by molar-refractivity contribution is 6.03. The molecule has 0 atom stereocenters. The van der Waals surface area contributed by atoms with Gasteiger partial charge < -0.3 is 4.57 Å². The van der Waals surface area contributed by atoms with Crippen molar-refractivity contribution in [1.82, 2.24) is 9.13 Å². The zero-order valence-corrected chi connectivity index (χ0v) is 18.1. The predicted molar refractivity (Wildman–Crippen MR) is 135 cm³/mol. The number of carbonyl (C=O) groups excluding carboxylic acids is 1. The Bertz CT molecular complexity index is 1590. The van der Waals surface area contributed by atoms with E-state index in [9.17, 15) is 4.79 Å². The molecule has 3 heteroatoms. The molecule has 6 rings (SSSR count). The third-order valence-electron chi connectivity index (χ3n) is 6.24. The molecule has 2 aromatic heterocycles. The van der Waals surface area contributed by atoms with Gasteiger partial charge in [0.2, 0.25) is 0 Å². The summed E-state index contributed by atoms with van der Waals surface area (Å²) in [5.41, 5.74) is 6.31. The van der Waals surface area contributed by atoms with E-state index in [1.54, 1.807) is 4.57 Å². The van der Waals surface area contributed by atoms with Gasteiger partial charge in [-0.15, -0.1) is 0 Å². The Kier molecular flexibility index (Phi) is 4.66. The van der Waals surface area contributed by atoms with Gasteiger partial charge >= 0.3 is 0 Å². The first-order chi connectivity index (χ1) is 16.3. The number of rotatable bonds is 4. The summed E-state index contributed by atoms with van der Waals surface area (Å²) in [6, 6.07) is 37.0. The number of carbonyl (C=O) groups is 1. The van der Waals surface area contributed by atoms with Crippen molar-refractivity contribution in [1.29, 1.82) is 0 Å². The maximum absolute atomic E-state index is 13.1. The minimum Gasteiger partial charge on any atom is -0.343 e. The fourth-order valence-corrected chi connectivity index (χ4v) is 4.49. The molecule has 2 heterocycles. The van der Waals surface area contributed by atoms with E-state index >= 15 is 0 Å². The number of aromatic nitrogens is 2. The van der Waals surface area contributed by atoms with Crippen molar-refractivity contribution in [3.05, 3.63) is 133 Å². The number of hydrogen-bond donors (Lipinski definition) is 0. The fraction of sp³-hybridized carbons (Fsp3) is 0.0333. The van der Waals surface area contributed by atoms with Crippen LogP contribution in [-0.4, -0.2) is 15.0 Å². The van der Waals surface area contributed by atoms with Crippen LogP contribution in [0.4, 0.5) is 0 Å². The summed E-state index contributed by atoms with van der Waals surface area (Å²) >= 11 is 0. The standard InChI is InChI=1S/C30H22N2O/c33-30(25-9-5-2-6-10-25)32-18-16-24-12-14-27(20-29(24)32)26-13-11-23-15-17-31(28(23)19-26)21-22-7-3-1-4-8-22/h1-20H,21H2. The van der Waals surface area contributed by atoms with Gasteiger partial charge in [-0.1, -0.05) is 72.8 Å². The lowest BCUT2D eigenvalue weighted by Gasteiger charge is -2.09. The predicted octanol–water partition coefficient (Wildman–Crippen LogP) is 7.00. The van der Waals surface area contributed by atoms with Gasteiger partial charge in [-0.2, -0.15) is 0 Å². The van der Waals surface area contributed by atoms with Crippen LogP contribution in [-0.2, 0) is 6.54 Å². The van der Waals surface area contributed by atoms with Gasteiger partial charge in [0.15, 0.2) is 0 Å². The lowest BCUT2D eigenvalue weighted by Crippen LogP contribution is -2.10. The van der Waals surface area contributed by atoms with Gasteiger partial charge in [0.1, 0.15) is 0 Å². The second kappa shape index (κ2) is 7.95. The molecule has 0 fully saturated rings. The van der Waals surface area contributed by atoms with Crippen LogP contribution in [0.25, 0.3) is 32.9 Å². The quantitative estimate of drug-likeness (QED) is 0.298. The Labute approximate surface area is 192 Å². The van der Waals surface area contributed by atoms with E-state index in [2.05, 4.69) is 77.5 Å². The van der Waals surface area contributed by atoms with E-state index in [0.717, 1.165) is 28.6 Å². The smallest absolute Gasteiger partial charge is 0.262 e. The summed E-state index contributed by atoms with van der Waals surface area (Å²) in [5.74, 6) is -0.0186. The number of fused-ring (bicyclic) bond motifs is 2. The van der Waals surface area contributed by atoms with Crippen LogP contribution in [0, 0.1) is 0 Å². The van der Waals surface area contributed by atoms with E-state index in [-0.39, 0.29) is 5.91 Å². The molecular weight excluding hydrogens is 404 g/mol. The van der Waals surface area contributed by atoms with Crippen LogP contribution in [0.2, 0.25) is 0 Å². The maximum atomic E-state index is 13.1. The van der Waals surface area contributed by atoms with E-state index in [0.29, 0.717) is 5.56 Å². The van der Waals surface area contributed by atoms with Crippen LogP contribution in [0.5, 0.6) is 0 Å². The zero-order valence-electron chi connectivity index (χ0n) is 18.1. The van der Waals surface area contributed by atoms with Crippen molar-refractivity contribution < 1.29 is 4.79 Å². The third-order valence-corrected chi connectivity index (χ3v) is 6.24. The molecule has 0 amide bonds. The highest BCUT2D eigenvalue weighted by atomic mass is 16.2. The molecule has 0 saturated heterocycles. The molecule has 0 bridgehead atoms. The monoisotopic (exact) mass is 426 g/mol. The van der Waals surface area contributed by atoms with E-state index in [1.165, 1.54) is 16.5 Å². The van der Waals surface area contributed by atoms with Crippen molar-refractivity contribution in [3.63, 3.8) is 0 Å². The molecule has 158 valence electrons. The number of nitrogens with zero attached hydrogens (tertiary/aromatic N) is 2. The zero-order chi connectivity index (χ0) is 22.2. The van der Waals surface area contributed by atoms with E-state index < -0.39 is 0 Å². The van der Waals surface area contributed by atoms with Crippen molar-refractivity contribution >= 4 is 27.7 Å². The summed E-state index contributed by atoms with van der Waals surface area (Å²) in [5, 5.41) is 2.27. The van der Waals surface area contributed by atoms with Crippen LogP contribution in [0.15, 0.2) is 122 Å². The third kappa shape index (κ3) is 3.54. The SMILES string of the molecule is O=C(c1ccccc1)n1ccc2ccc(-c3ccc4ccn(Cc5ccccc5)c4c3)cc21. The van der Waals surface area contributed by atoms with Crippen LogP contribution in [0.1, 0.15) is 15.9 Å². The first kappa shape index (κ1) is 19.3. The molecule has 0 saturated carbocycles. The van der Waals surface area contributed by atoms with Crippen LogP contribution >= 0.6 is 0 Å². The second-order valence-corrected chi connectivity index (χ2v) is 8.33. The minimum atomic E-state index is -0.0186. The molecular formula is C30H22N2O. The summed E-state index contributed by atoms with van der Waals surface area (Å²) in [7, 11) is 0. The van der Waals surface area contributed by atoms with Crippen molar-refractivity contribution in [2.24, 2.45) is 0 Å². The van der Waals surface area contributed by atoms with E-state index in [1.807, 2.05) is 48.7 Å². The molecule has 0 spiro atoms. The Morgan fingerprint density at radius 3 is 1.94 bits per heavy atom. The van der Waals surface area contributed by atoms with Gasteiger partial charge in [-0.3, -0.25) is 9.36 Å². The van der Waals surface area contributed by atoms with Gasteiger partial charge in [-0.05, 0) is 58.5 Å². The molecule has 6 aromatic rings. The molecule has 0 aliphatic heterocycles. The second-order valence-electron chi connectivity index (χ2n) is 8.33. The van der Waals surface area contributed by atoms with Crippen molar-refractivity contribution in [2.45, 2.75) is 6.54 Å². The molecule has 0 N–H and O–H groups in total. The summed E-state index contributed by atoms with van der Waals surface area (Å²) in [6.45, 7) is 0.835. The molecule has 4 aromatic carbocycles. The van der Waals surface area contributed by atoms with Gasteiger partial charge in [0.25, 0.3) is 5.91 Å². The molecule has 3 nitrogen and oxygen atoms in total. The van der Waals surface area contributed by atoms with Crippen LogP contribution in [0.3, 0.4) is 0 Å². The Balaban J connectivity index is 1.41. The Morgan fingerprint density at radius 1 is 0.606 bits per heavy atom. The lowest BCUT2D eigenvalue weighted by atomic mass is 10.0. The molecule has 0 unspecified atom stereocenters. The first-order valence-electron chi connectivity index (χ1n) is 11.1. The van der Waals surface area contributed by atoms with Crippen molar-refractivity contribution in [2.75, 3.05) is 0 Å². The summed E-state index contributed by atoms with van der Waals surface area (Å²) in [6.07, 6.45) is 4.01. The Hall–Kier alpha value is -4.37. The Morgan fingerprint density at radius 2 is 1.21 bits per heavy atom. The van der Waals surface area contributed by atoms with Gasteiger partial charge in [0.05, 0.1) is 5.52 Å². The number of benzene rings is 4. The molecule has 0 radical (unpaired) electrons. The lowest BCUT2D eigenvalue weighted by molar-refractivity contribution is 0.0965. The van der Waals surface area contributed by atoms with Gasteiger partial charge in [-0.25, -0.2) is 0 Å². The normalized spacial score (nSPS) is 11.3. The fourth-order valence-electron chi connectivity index (χ4n) is 4.49. The largest absolute Gasteiger partial charge is 0.343 e. The van der Waals surface area contributed by atoms with E-state index in [4.69, 9.17) is 0 Å². The molecule has 0 aliphatic carbocycles. The number of hydrogen-bond acceptors (Lipinski definition) is 1. The molecule has 33 heavy (non-hydrogen) atoms. The van der Waals surface area contributed by atoms with Crippen molar-refractivity contribution in [3.8, 4) is 11.1 Å². The average Bonchev–Trinajstić information content (AvgIpc) is 3.48. The summed E-state index contributed by atoms with van der Waals surface area (Å²) in [4.78, 5) is 13.1. The maximum Gasteiger partial charge on any atom is 0.262 e. The van der Waals surface area contributed by atoms with Crippen LogP contribution < -0.4 is 0 Å². The minimum absolute atomic E-state index is 0.0186. The van der Waals surface area contributed by atoms with Gasteiger partial charge in [0, 0.05) is 35.4 Å². The highest BCUT2D eigenvalue weighted by Gasteiger charge is 2.12. The summed E-state index contributed by atoms with van der Waals surface area (Å²) < 4.78 is 4.03. The highest BCUT2D eigenvalue weighted by Crippen LogP contribution is 2.29. The topological polar surface area (TPSA) is 26.9 Å². The molecule has 0 aliphatic rings. The first-order valence-corrected chi connectivity index (χ1v) is 11.1.